The van der Waals surface area contributed by atoms with Crippen LogP contribution in [0.5, 0.6) is 11.5 Å². The van der Waals surface area contributed by atoms with E-state index < -0.39 is 23.7 Å². The van der Waals surface area contributed by atoms with Gasteiger partial charge >= 0.3 is 12.1 Å². The van der Waals surface area contributed by atoms with E-state index in [2.05, 4.69) is 5.32 Å². The van der Waals surface area contributed by atoms with E-state index in [1.54, 1.807) is 27.7 Å². The van der Waals surface area contributed by atoms with Crippen molar-refractivity contribution in [1.29, 1.82) is 0 Å². The van der Waals surface area contributed by atoms with Crippen LogP contribution >= 0.6 is 0 Å². The Balaban J connectivity index is 2.88. The number of rotatable bonds is 4. The van der Waals surface area contributed by atoms with Gasteiger partial charge in [-0.15, -0.1) is 0 Å². The topological polar surface area (TPSA) is 116 Å². The predicted octanol–water partition coefficient (Wildman–Crippen LogP) is 1.93. The molecule has 0 aliphatic carbocycles. The molecular weight excluding hydrogens is 290 g/mol. The van der Waals surface area contributed by atoms with Gasteiger partial charge in [-0.05, 0) is 51.0 Å². The summed E-state index contributed by atoms with van der Waals surface area (Å²) < 4.78 is 5.03. The van der Waals surface area contributed by atoms with Gasteiger partial charge in [0.05, 0.1) is 0 Å². The normalized spacial score (nSPS) is 12.5. The molecule has 0 aliphatic heterocycles. The summed E-state index contributed by atoms with van der Waals surface area (Å²) in [6.07, 6.45) is -0.880. The second-order valence-electron chi connectivity index (χ2n) is 6.01. The van der Waals surface area contributed by atoms with Crippen LogP contribution in [-0.2, 0) is 16.0 Å². The number of carbonyl (C=O) groups excluding carboxylic acids is 1. The van der Waals surface area contributed by atoms with E-state index in [1.165, 1.54) is 12.1 Å². The first-order valence-corrected chi connectivity index (χ1v) is 6.73. The van der Waals surface area contributed by atoms with Crippen molar-refractivity contribution in [1.82, 2.24) is 5.32 Å². The second kappa shape index (κ2) is 6.55. The molecule has 0 unspecified atom stereocenters. The zero-order valence-corrected chi connectivity index (χ0v) is 13.0. The van der Waals surface area contributed by atoms with Crippen LogP contribution < -0.4 is 5.32 Å². The third kappa shape index (κ3) is 5.16. The summed E-state index contributed by atoms with van der Waals surface area (Å²) in [5.41, 5.74) is 0.367. The van der Waals surface area contributed by atoms with Crippen LogP contribution in [0.25, 0.3) is 0 Å². The minimum atomic E-state index is -1.22. The summed E-state index contributed by atoms with van der Waals surface area (Å²) >= 11 is 0. The highest BCUT2D eigenvalue weighted by Gasteiger charge is 2.25. The molecule has 0 bridgehead atoms. The molecule has 0 aromatic heterocycles. The first-order valence-electron chi connectivity index (χ1n) is 6.73. The molecule has 0 heterocycles. The molecule has 1 aromatic carbocycles. The van der Waals surface area contributed by atoms with Gasteiger partial charge in [0.25, 0.3) is 0 Å². The number of carboxylic acids is 1. The summed E-state index contributed by atoms with van der Waals surface area (Å²) in [5.74, 6) is -1.85. The van der Waals surface area contributed by atoms with Crippen molar-refractivity contribution in [3.8, 4) is 11.5 Å². The van der Waals surface area contributed by atoms with Crippen molar-refractivity contribution in [3.05, 3.63) is 23.3 Å². The van der Waals surface area contributed by atoms with Crippen molar-refractivity contribution in [2.45, 2.75) is 45.8 Å². The molecule has 0 saturated carbocycles. The maximum absolute atomic E-state index is 11.7. The molecule has 0 aliphatic rings. The lowest BCUT2D eigenvalue weighted by Gasteiger charge is -2.22. The van der Waals surface area contributed by atoms with E-state index in [1.807, 2.05) is 0 Å². The Morgan fingerprint density at radius 3 is 2.27 bits per heavy atom. The third-order valence-electron chi connectivity index (χ3n) is 2.85. The number of benzene rings is 1. The van der Waals surface area contributed by atoms with Gasteiger partial charge in [0, 0.05) is 6.42 Å². The molecule has 1 aromatic rings. The molecule has 7 nitrogen and oxygen atoms in total. The zero-order valence-electron chi connectivity index (χ0n) is 13.0. The highest BCUT2D eigenvalue weighted by Crippen LogP contribution is 2.28. The molecule has 7 heteroatoms. The van der Waals surface area contributed by atoms with Crippen molar-refractivity contribution >= 4 is 12.1 Å². The first kappa shape index (κ1) is 17.6. The number of hydrogen-bond donors (Lipinski definition) is 4. The van der Waals surface area contributed by atoms with Gasteiger partial charge < -0.3 is 25.4 Å². The number of ether oxygens (including phenoxy) is 1. The standard InChI is InChI=1S/C15H21NO6/c1-8-5-11(17)12(18)7-9(8)6-10(13(19)20)16-14(21)22-15(2,3)4/h5,7,10,17-18H,6H2,1-4H3,(H,16,21)(H,19,20)/t10-/m0/s1. The summed E-state index contributed by atoms with van der Waals surface area (Å²) in [4.78, 5) is 23.0. The number of phenolic OH excluding ortho intramolecular Hbond substituents is 2. The molecule has 0 saturated heterocycles. The third-order valence-corrected chi connectivity index (χ3v) is 2.85. The Hall–Kier alpha value is -2.44. The van der Waals surface area contributed by atoms with Crippen LogP contribution in [0.3, 0.4) is 0 Å². The van der Waals surface area contributed by atoms with Crippen LogP contribution in [0, 0.1) is 6.92 Å². The average molecular weight is 311 g/mol. The van der Waals surface area contributed by atoms with Gasteiger partial charge in [0.1, 0.15) is 11.6 Å². The van der Waals surface area contributed by atoms with E-state index in [0.717, 1.165) is 0 Å². The predicted molar refractivity (Wildman–Crippen MR) is 79.0 cm³/mol. The molecule has 22 heavy (non-hydrogen) atoms. The van der Waals surface area contributed by atoms with E-state index in [4.69, 9.17) is 4.74 Å². The van der Waals surface area contributed by atoms with Gasteiger partial charge in [-0.2, -0.15) is 0 Å². The van der Waals surface area contributed by atoms with Crippen molar-refractivity contribution < 1.29 is 29.6 Å². The minimum absolute atomic E-state index is 0.0474. The number of aromatic hydroxyl groups is 2. The lowest BCUT2D eigenvalue weighted by molar-refractivity contribution is -0.139. The molecule has 1 amide bonds. The van der Waals surface area contributed by atoms with Gasteiger partial charge in [-0.3, -0.25) is 0 Å². The molecular formula is C15H21NO6. The molecule has 0 spiro atoms. The summed E-state index contributed by atoms with van der Waals surface area (Å²) in [6, 6.07) is 1.39. The number of nitrogens with one attached hydrogen (secondary N) is 1. The summed E-state index contributed by atoms with van der Waals surface area (Å²) in [6.45, 7) is 6.68. The Kier molecular flexibility index (Phi) is 5.24. The van der Waals surface area contributed by atoms with Crippen LogP contribution in [-0.4, -0.2) is 39.0 Å². The first-order chi connectivity index (χ1) is 9.99. The van der Waals surface area contributed by atoms with Crippen LogP contribution in [0.1, 0.15) is 31.9 Å². The Bertz CT molecular complexity index is 576. The summed E-state index contributed by atoms with van der Waals surface area (Å²) in [5, 5.41) is 30.4. The quantitative estimate of drug-likeness (QED) is 0.631. The second-order valence-corrected chi connectivity index (χ2v) is 6.01. The number of aliphatic carboxylic acids is 1. The fourth-order valence-corrected chi connectivity index (χ4v) is 1.81. The molecule has 4 N–H and O–H groups in total. The van der Waals surface area contributed by atoms with Crippen molar-refractivity contribution in [3.63, 3.8) is 0 Å². The number of aryl methyl sites for hydroxylation is 1. The Morgan fingerprint density at radius 2 is 1.77 bits per heavy atom. The van der Waals surface area contributed by atoms with Crippen LogP contribution in [0.15, 0.2) is 12.1 Å². The van der Waals surface area contributed by atoms with Crippen LogP contribution in [0.4, 0.5) is 4.79 Å². The molecule has 0 fully saturated rings. The van der Waals surface area contributed by atoms with Gasteiger partial charge in [-0.25, -0.2) is 9.59 Å². The molecule has 1 atom stereocenters. The van der Waals surface area contributed by atoms with Crippen molar-refractivity contribution in [2.24, 2.45) is 0 Å². The summed E-state index contributed by atoms with van der Waals surface area (Å²) in [7, 11) is 0. The maximum Gasteiger partial charge on any atom is 0.408 e. The van der Waals surface area contributed by atoms with Gasteiger partial charge in [0.15, 0.2) is 11.5 Å². The number of phenols is 2. The average Bonchev–Trinajstić information content (AvgIpc) is 2.32. The highest BCUT2D eigenvalue weighted by atomic mass is 16.6. The Labute approximate surface area is 128 Å². The van der Waals surface area contributed by atoms with Crippen molar-refractivity contribution in [2.75, 3.05) is 0 Å². The minimum Gasteiger partial charge on any atom is -0.504 e. The number of carboxylic acid groups (broad SMARTS) is 1. The molecule has 0 radical (unpaired) electrons. The number of amides is 1. The zero-order chi connectivity index (χ0) is 17.1. The Morgan fingerprint density at radius 1 is 1.23 bits per heavy atom. The fraction of sp³-hybridized carbons (Fsp3) is 0.467. The van der Waals surface area contributed by atoms with E-state index in [9.17, 15) is 24.9 Å². The van der Waals surface area contributed by atoms with Gasteiger partial charge in [0.2, 0.25) is 0 Å². The maximum atomic E-state index is 11.7. The van der Waals surface area contributed by atoms with E-state index in [0.29, 0.717) is 11.1 Å². The number of carbonyl (C=O) groups is 2. The largest absolute Gasteiger partial charge is 0.504 e. The number of hydrogen-bond acceptors (Lipinski definition) is 5. The van der Waals surface area contributed by atoms with E-state index in [-0.39, 0.29) is 17.9 Å². The van der Waals surface area contributed by atoms with E-state index >= 15 is 0 Å². The van der Waals surface area contributed by atoms with Gasteiger partial charge in [-0.1, -0.05) is 0 Å². The molecule has 1 rings (SSSR count). The van der Waals surface area contributed by atoms with Crippen LogP contribution in [0.2, 0.25) is 0 Å². The monoisotopic (exact) mass is 311 g/mol. The number of alkyl carbamates (subject to hydrolysis) is 1. The lowest BCUT2D eigenvalue weighted by Crippen LogP contribution is -2.44. The lowest BCUT2D eigenvalue weighted by atomic mass is 10.0. The molecule has 122 valence electrons. The smallest absolute Gasteiger partial charge is 0.408 e. The fourth-order valence-electron chi connectivity index (χ4n) is 1.81. The SMILES string of the molecule is Cc1cc(O)c(O)cc1C[C@H](NC(=O)OC(C)(C)C)C(=O)O. The highest BCUT2D eigenvalue weighted by molar-refractivity contribution is 5.80.